The molecule has 0 bridgehead atoms. The molecule has 0 saturated heterocycles. The fraction of sp³-hybridized carbons (Fsp3) is 0.375. The van der Waals surface area contributed by atoms with Crippen LogP contribution in [-0.4, -0.2) is 20.6 Å². The van der Waals surface area contributed by atoms with Gasteiger partial charge in [0.25, 0.3) is 0 Å². The van der Waals surface area contributed by atoms with Crippen molar-refractivity contribution in [2.45, 2.75) is 32.1 Å². The molecule has 0 spiro atoms. The van der Waals surface area contributed by atoms with Crippen molar-refractivity contribution in [3.8, 4) is 11.4 Å². The largest absolute Gasteiger partial charge is 0.481 e. The van der Waals surface area contributed by atoms with E-state index in [1.807, 2.05) is 32.2 Å². The molecule has 0 aliphatic heterocycles. The molecule has 1 aliphatic rings. The molecule has 1 heterocycles. The van der Waals surface area contributed by atoms with Crippen LogP contribution >= 0.6 is 0 Å². The maximum atomic E-state index is 11.4. The number of hydrogen-bond acceptors (Lipinski definition) is 2. The zero-order valence-corrected chi connectivity index (χ0v) is 11.8. The lowest BCUT2D eigenvalue weighted by molar-refractivity contribution is -0.139. The van der Waals surface area contributed by atoms with E-state index in [0.717, 1.165) is 35.6 Å². The molecule has 1 aromatic heterocycles. The van der Waals surface area contributed by atoms with Crippen LogP contribution in [0.1, 0.15) is 35.7 Å². The third-order valence-corrected chi connectivity index (χ3v) is 4.06. The van der Waals surface area contributed by atoms with Gasteiger partial charge in [0.2, 0.25) is 0 Å². The molecule has 4 heteroatoms. The summed E-state index contributed by atoms with van der Waals surface area (Å²) in [5, 5.41) is 9.35. The van der Waals surface area contributed by atoms with E-state index < -0.39 is 11.9 Å². The first kappa shape index (κ1) is 12.9. The Kier molecular flexibility index (Phi) is 3.08. The number of imidazole rings is 1. The molecule has 3 rings (SSSR count). The van der Waals surface area contributed by atoms with Crippen LogP contribution in [0.5, 0.6) is 0 Å². The van der Waals surface area contributed by atoms with Crippen molar-refractivity contribution in [1.29, 1.82) is 0 Å². The highest BCUT2D eigenvalue weighted by Crippen LogP contribution is 2.34. The molecule has 20 heavy (non-hydrogen) atoms. The van der Waals surface area contributed by atoms with E-state index in [2.05, 4.69) is 15.6 Å². The van der Waals surface area contributed by atoms with Gasteiger partial charge < -0.3 is 9.67 Å². The molecule has 4 nitrogen and oxygen atoms in total. The van der Waals surface area contributed by atoms with Crippen LogP contribution in [0.2, 0.25) is 0 Å². The number of aliphatic carboxylic acids is 1. The highest BCUT2D eigenvalue weighted by molar-refractivity contribution is 5.76. The number of fused-ring (bicyclic) bond motifs is 1. The summed E-state index contributed by atoms with van der Waals surface area (Å²) < 4.78 is 2.05. The molecule has 1 atom stereocenters. The first-order chi connectivity index (χ1) is 9.58. The van der Waals surface area contributed by atoms with Gasteiger partial charge in [-0.15, -0.1) is 0 Å². The SMILES string of the molecule is Cc1cccc(-c2nc3c(n2C)CCCC3C(=O)O)c1. The van der Waals surface area contributed by atoms with Crippen molar-refractivity contribution in [3.05, 3.63) is 41.2 Å². The highest BCUT2D eigenvalue weighted by atomic mass is 16.4. The minimum atomic E-state index is -0.764. The van der Waals surface area contributed by atoms with Crippen LogP contribution in [0.3, 0.4) is 0 Å². The minimum Gasteiger partial charge on any atom is -0.481 e. The number of rotatable bonds is 2. The van der Waals surface area contributed by atoms with Gasteiger partial charge in [-0.25, -0.2) is 4.98 Å². The van der Waals surface area contributed by atoms with Crippen LogP contribution < -0.4 is 0 Å². The van der Waals surface area contributed by atoms with Gasteiger partial charge >= 0.3 is 5.97 Å². The van der Waals surface area contributed by atoms with Gasteiger partial charge in [-0.3, -0.25) is 4.79 Å². The van der Waals surface area contributed by atoms with Crippen LogP contribution in [0.4, 0.5) is 0 Å². The number of aryl methyl sites for hydroxylation is 1. The third-order valence-electron chi connectivity index (χ3n) is 4.06. The Morgan fingerprint density at radius 2 is 2.25 bits per heavy atom. The average molecular weight is 270 g/mol. The van der Waals surface area contributed by atoms with Gasteiger partial charge in [0.05, 0.1) is 5.69 Å². The van der Waals surface area contributed by atoms with Crippen LogP contribution in [0.25, 0.3) is 11.4 Å². The lowest BCUT2D eigenvalue weighted by Gasteiger charge is -2.18. The fourth-order valence-electron chi connectivity index (χ4n) is 3.02. The van der Waals surface area contributed by atoms with Gasteiger partial charge in [-0.2, -0.15) is 0 Å². The monoisotopic (exact) mass is 270 g/mol. The quantitative estimate of drug-likeness (QED) is 0.913. The van der Waals surface area contributed by atoms with Crippen molar-refractivity contribution in [2.24, 2.45) is 7.05 Å². The van der Waals surface area contributed by atoms with Gasteiger partial charge in [-0.1, -0.05) is 23.8 Å². The van der Waals surface area contributed by atoms with Crippen molar-refractivity contribution >= 4 is 5.97 Å². The molecule has 2 aromatic rings. The number of aromatic nitrogens is 2. The Bertz CT molecular complexity index is 673. The maximum Gasteiger partial charge on any atom is 0.312 e. The summed E-state index contributed by atoms with van der Waals surface area (Å²) in [6.45, 7) is 2.05. The Morgan fingerprint density at radius 3 is 2.95 bits per heavy atom. The van der Waals surface area contributed by atoms with E-state index in [-0.39, 0.29) is 0 Å². The second-order valence-electron chi connectivity index (χ2n) is 5.48. The molecule has 1 aliphatic carbocycles. The standard InChI is InChI=1S/C16H18N2O2/c1-10-5-3-6-11(9-10)15-17-14-12(16(19)20)7-4-8-13(14)18(15)2/h3,5-6,9,12H,4,7-8H2,1-2H3,(H,19,20). The molecule has 0 fully saturated rings. The van der Waals surface area contributed by atoms with E-state index >= 15 is 0 Å². The number of benzene rings is 1. The molecule has 1 N–H and O–H groups in total. The van der Waals surface area contributed by atoms with Crippen molar-refractivity contribution < 1.29 is 9.90 Å². The zero-order valence-electron chi connectivity index (χ0n) is 11.8. The molecule has 0 saturated carbocycles. The molecular formula is C16H18N2O2. The average Bonchev–Trinajstić information content (AvgIpc) is 2.76. The number of hydrogen-bond donors (Lipinski definition) is 1. The smallest absolute Gasteiger partial charge is 0.312 e. The van der Waals surface area contributed by atoms with Crippen molar-refractivity contribution in [1.82, 2.24) is 9.55 Å². The van der Waals surface area contributed by atoms with E-state index in [0.29, 0.717) is 6.42 Å². The van der Waals surface area contributed by atoms with E-state index in [1.54, 1.807) is 0 Å². The minimum absolute atomic E-state index is 0.455. The summed E-state index contributed by atoms with van der Waals surface area (Å²) in [6.07, 6.45) is 2.51. The summed E-state index contributed by atoms with van der Waals surface area (Å²) in [4.78, 5) is 16.0. The zero-order chi connectivity index (χ0) is 14.3. The van der Waals surface area contributed by atoms with Crippen LogP contribution in [0, 0.1) is 6.92 Å². The number of nitrogens with zero attached hydrogens (tertiary/aromatic N) is 2. The predicted octanol–water partition coefficient (Wildman–Crippen LogP) is 2.90. The summed E-state index contributed by atoms with van der Waals surface area (Å²) in [5.74, 6) is -0.352. The molecule has 0 radical (unpaired) electrons. The van der Waals surface area contributed by atoms with Crippen LogP contribution in [-0.2, 0) is 18.3 Å². The summed E-state index contributed by atoms with van der Waals surface area (Å²) >= 11 is 0. The maximum absolute atomic E-state index is 11.4. The molecular weight excluding hydrogens is 252 g/mol. The fourth-order valence-corrected chi connectivity index (χ4v) is 3.02. The first-order valence-corrected chi connectivity index (χ1v) is 6.93. The topological polar surface area (TPSA) is 55.1 Å². The second kappa shape index (κ2) is 4.78. The predicted molar refractivity (Wildman–Crippen MR) is 76.7 cm³/mol. The number of carboxylic acid groups (broad SMARTS) is 1. The van der Waals surface area contributed by atoms with E-state index in [1.165, 1.54) is 5.56 Å². The Morgan fingerprint density at radius 1 is 1.45 bits per heavy atom. The summed E-state index contributed by atoms with van der Waals surface area (Å²) in [7, 11) is 1.98. The number of carboxylic acids is 1. The van der Waals surface area contributed by atoms with Gasteiger partial charge in [0.1, 0.15) is 11.7 Å². The third kappa shape index (κ3) is 2.01. The Balaban J connectivity index is 2.13. The van der Waals surface area contributed by atoms with Crippen LogP contribution in [0.15, 0.2) is 24.3 Å². The van der Waals surface area contributed by atoms with Gasteiger partial charge in [0, 0.05) is 18.3 Å². The lowest BCUT2D eigenvalue weighted by atomic mass is 9.90. The lowest BCUT2D eigenvalue weighted by Crippen LogP contribution is -2.18. The second-order valence-corrected chi connectivity index (χ2v) is 5.48. The Labute approximate surface area is 118 Å². The van der Waals surface area contributed by atoms with Gasteiger partial charge in [0.15, 0.2) is 0 Å². The first-order valence-electron chi connectivity index (χ1n) is 6.93. The van der Waals surface area contributed by atoms with E-state index in [9.17, 15) is 9.90 Å². The normalized spacial score (nSPS) is 17.8. The Hall–Kier alpha value is -2.10. The molecule has 1 aromatic carbocycles. The van der Waals surface area contributed by atoms with Crippen molar-refractivity contribution in [3.63, 3.8) is 0 Å². The van der Waals surface area contributed by atoms with E-state index in [4.69, 9.17) is 0 Å². The summed E-state index contributed by atoms with van der Waals surface area (Å²) in [6, 6.07) is 8.17. The molecule has 1 unspecified atom stereocenters. The van der Waals surface area contributed by atoms with Gasteiger partial charge in [-0.05, 0) is 32.3 Å². The van der Waals surface area contributed by atoms with Crippen molar-refractivity contribution in [2.75, 3.05) is 0 Å². The molecule has 0 amide bonds. The molecule has 104 valence electrons. The summed E-state index contributed by atoms with van der Waals surface area (Å²) in [5.41, 5.74) is 4.05. The number of carbonyl (C=O) groups is 1. The highest BCUT2D eigenvalue weighted by Gasteiger charge is 2.31.